The van der Waals surface area contributed by atoms with Crippen LogP contribution in [-0.2, 0) is 0 Å². The number of hydrogen-bond donors (Lipinski definition) is 0. The molecule has 0 atom stereocenters. The standard InChI is InChI=1S/C50H30O/c1-3-15-36-31(11-1)13-9-21-39(36)48-41-17-5-7-19-43(41)49(44-20-8-6-18-42(44)48)40-22-10-14-35-29-33(23-26-37(35)40)34-24-27-45-47(30-34)51-46-28-25-32-12-2-4-16-38(32)50(45)46/h1-30H/i1D,2D,3D,4D,5D,6D,7D,8D,9D,10D,11D,12D,13D,14D,15D,16D,17D,18D,19D,20D,21D,22D,23D,24D,25D,26D,27D,28D,29D,30D. The smallest absolute Gasteiger partial charge is 0.136 e. The summed E-state index contributed by atoms with van der Waals surface area (Å²) in [6, 6.07) is -28.1. The van der Waals surface area contributed by atoms with Crippen molar-refractivity contribution in [3.63, 3.8) is 0 Å². The van der Waals surface area contributed by atoms with Crippen molar-refractivity contribution in [3.8, 4) is 33.4 Å². The summed E-state index contributed by atoms with van der Waals surface area (Å²) in [5, 5.41) is -7.60. The van der Waals surface area contributed by atoms with Gasteiger partial charge in [-0.2, -0.15) is 0 Å². The van der Waals surface area contributed by atoms with Crippen LogP contribution >= 0.6 is 0 Å². The Morgan fingerprint density at radius 1 is 0.314 bits per heavy atom. The average molecular weight is 677 g/mol. The molecule has 0 fully saturated rings. The van der Waals surface area contributed by atoms with E-state index in [9.17, 15) is 19.2 Å². The van der Waals surface area contributed by atoms with Gasteiger partial charge in [-0.05, 0) is 111 Å². The Hall–Kier alpha value is -6.70. The average Bonchev–Trinajstić information content (AvgIpc) is 2.22. The van der Waals surface area contributed by atoms with Crippen LogP contribution in [0.5, 0.6) is 0 Å². The number of benzene rings is 10. The Labute approximate surface area is 336 Å². The maximum Gasteiger partial charge on any atom is 0.136 e. The Balaban J connectivity index is 1.37. The molecule has 1 aromatic heterocycles. The van der Waals surface area contributed by atoms with Crippen LogP contribution in [0.4, 0.5) is 0 Å². The zero-order valence-electron chi connectivity index (χ0n) is 55.4. The summed E-state index contributed by atoms with van der Waals surface area (Å²) in [6.45, 7) is 0. The second-order valence-electron chi connectivity index (χ2n) is 11.3. The highest BCUT2D eigenvalue weighted by atomic mass is 16.3. The van der Waals surface area contributed by atoms with Crippen molar-refractivity contribution in [2.24, 2.45) is 0 Å². The molecular formula is C50H30O. The molecule has 0 N–H and O–H groups in total. The van der Waals surface area contributed by atoms with Crippen LogP contribution in [0.15, 0.2) is 186 Å². The molecule has 0 aliphatic carbocycles. The lowest BCUT2D eigenvalue weighted by Crippen LogP contribution is -1.92. The quantitative estimate of drug-likeness (QED) is 0.170. The molecule has 10 aromatic carbocycles. The summed E-state index contributed by atoms with van der Waals surface area (Å²) >= 11 is 0. The number of hydrogen-bond acceptors (Lipinski definition) is 1. The van der Waals surface area contributed by atoms with E-state index in [1.54, 1.807) is 0 Å². The van der Waals surface area contributed by atoms with Crippen LogP contribution in [0.25, 0.3) is 109 Å². The van der Waals surface area contributed by atoms with E-state index in [4.69, 9.17) is 26.3 Å². The van der Waals surface area contributed by atoms with Crippen molar-refractivity contribution in [2.75, 3.05) is 0 Å². The van der Waals surface area contributed by atoms with E-state index >= 15 is 0 Å². The SMILES string of the molecule is [2H]c1c([2H])c([2H])c2c(-c3c4c([2H])c([2H])c([2H])c([2H])c4c(-c4c([2H])c([2H])c([2H])c5c([2H])c(-c6c([2H])c([2H])c7c(oc8c([2H])c([2H])c9c([2H])c([2H])c([2H])c([2H])c9c87)c6[2H])c([2H])c([2H])c45)c4c([2H])c([2H])c([2H])c([2H])c34)c([2H])c([2H])c([2H])c2c1[2H]. The van der Waals surface area contributed by atoms with Crippen LogP contribution in [-0.4, -0.2) is 0 Å². The molecule has 0 bridgehead atoms. The maximum absolute atomic E-state index is 9.76. The molecule has 1 heteroatoms. The van der Waals surface area contributed by atoms with E-state index in [-0.39, 0.29) is 10.8 Å². The van der Waals surface area contributed by atoms with Gasteiger partial charge in [0.25, 0.3) is 0 Å². The summed E-state index contributed by atoms with van der Waals surface area (Å²) in [4.78, 5) is 0. The summed E-state index contributed by atoms with van der Waals surface area (Å²) < 4.78 is 278. The van der Waals surface area contributed by atoms with E-state index < -0.39 is 280 Å². The van der Waals surface area contributed by atoms with Crippen LogP contribution in [0.2, 0.25) is 0 Å². The van der Waals surface area contributed by atoms with Crippen molar-refractivity contribution in [3.05, 3.63) is 181 Å². The van der Waals surface area contributed by atoms with Gasteiger partial charge in [-0.3, -0.25) is 0 Å². The van der Waals surface area contributed by atoms with Crippen LogP contribution < -0.4 is 0 Å². The Morgan fingerprint density at radius 2 is 0.784 bits per heavy atom. The molecule has 11 rings (SSSR count). The number of furan rings is 1. The molecule has 51 heavy (non-hydrogen) atoms. The van der Waals surface area contributed by atoms with Gasteiger partial charge in [-0.1, -0.05) is 157 Å². The first-order valence-electron chi connectivity index (χ1n) is 30.2. The fraction of sp³-hybridized carbons (Fsp3) is 0. The van der Waals surface area contributed by atoms with Gasteiger partial charge in [0.05, 0.1) is 41.1 Å². The van der Waals surface area contributed by atoms with Crippen molar-refractivity contribution in [1.82, 2.24) is 0 Å². The van der Waals surface area contributed by atoms with Crippen LogP contribution in [0, 0.1) is 0 Å². The first kappa shape index (κ1) is 11.7. The first-order chi connectivity index (χ1) is 37.8. The third kappa shape index (κ3) is 4.22. The monoisotopic (exact) mass is 676 g/mol. The van der Waals surface area contributed by atoms with E-state index in [2.05, 4.69) is 0 Å². The van der Waals surface area contributed by atoms with Gasteiger partial charge in [0.1, 0.15) is 11.2 Å². The molecular weight excluding hydrogens is 617 g/mol. The van der Waals surface area contributed by atoms with Gasteiger partial charge in [0.15, 0.2) is 0 Å². The fourth-order valence-corrected chi connectivity index (χ4v) is 6.42. The molecule has 1 heterocycles. The molecule has 236 valence electrons. The van der Waals surface area contributed by atoms with Gasteiger partial charge in [-0.25, -0.2) is 0 Å². The summed E-state index contributed by atoms with van der Waals surface area (Å²) in [7, 11) is 0. The Kier molecular flexibility index (Phi) is 2.50. The largest absolute Gasteiger partial charge is 0.456 e. The minimum atomic E-state index is -1.09. The van der Waals surface area contributed by atoms with Crippen molar-refractivity contribution in [2.45, 2.75) is 0 Å². The highest BCUT2D eigenvalue weighted by Gasteiger charge is 2.19. The predicted octanol–water partition coefficient (Wildman–Crippen LogP) is 14.4. The zero-order valence-corrected chi connectivity index (χ0v) is 25.4. The molecule has 0 spiro atoms. The second kappa shape index (κ2) is 10.9. The van der Waals surface area contributed by atoms with Gasteiger partial charge >= 0.3 is 0 Å². The van der Waals surface area contributed by atoms with E-state index in [1.807, 2.05) is 0 Å². The molecule has 0 aliphatic heterocycles. The first-order valence-corrected chi connectivity index (χ1v) is 15.2. The highest BCUT2D eigenvalue weighted by molar-refractivity contribution is 6.25. The molecule has 0 saturated heterocycles. The van der Waals surface area contributed by atoms with Gasteiger partial charge in [-0.15, -0.1) is 0 Å². The Morgan fingerprint density at radius 3 is 1.43 bits per heavy atom. The van der Waals surface area contributed by atoms with Gasteiger partial charge in [0, 0.05) is 10.8 Å². The fourth-order valence-electron chi connectivity index (χ4n) is 6.42. The van der Waals surface area contributed by atoms with Crippen LogP contribution in [0.1, 0.15) is 41.1 Å². The minimum Gasteiger partial charge on any atom is -0.456 e. The molecule has 0 amide bonds. The summed E-state index contributed by atoms with van der Waals surface area (Å²) in [6.07, 6.45) is 0. The highest BCUT2D eigenvalue weighted by Crippen LogP contribution is 2.47. The topological polar surface area (TPSA) is 13.1 Å². The van der Waals surface area contributed by atoms with E-state index in [0.29, 0.717) is 0 Å². The minimum absolute atomic E-state index is 0.338. The molecule has 0 radical (unpaired) electrons. The number of fused-ring (bicyclic) bond motifs is 9. The normalized spacial score (nSPS) is 20.2. The molecule has 11 aromatic rings. The summed E-state index contributed by atoms with van der Waals surface area (Å²) in [5.41, 5.74) is -5.87. The Bertz CT molecular complexity index is 4840. The lowest BCUT2D eigenvalue weighted by Gasteiger charge is -2.19. The molecule has 0 aliphatic rings. The summed E-state index contributed by atoms with van der Waals surface area (Å²) in [5.74, 6) is 0. The third-order valence-corrected chi connectivity index (χ3v) is 8.57. The zero-order chi connectivity index (χ0) is 59.6. The van der Waals surface area contributed by atoms with Crippen molar-refractivity contribution in [1.29, 1.82) is 0 Å². The lowest BCUT2D eigenvalue weighted by molar-refractivity contribution is 0.669. The molecule has 0 unspecified atom stereocenters. The van der Waals surface area contributed by atoms with Gasteiger partial charge < -0.3 is 4.42 Å². The number of rotatable bonds is 3. The van der Waals surface area contributed by atoms with Crippen LogP contribution in [0.3, 0.4) is 0 Å². The third-order valence-electron chi connectivity index (χ3n) is 8.57. The maximum atomic E-state index is 9.76. The molecule has 0 saturated carbocycles. The van der Waals surface area contributed by atoms with Crippen molar-refractivity contribution >= 4 is 75.8 Å². The second-order valence-corrected chi connectivity index (χ2v) is 11.3. The predicted molar refractivity (Wildman–Crippen MR) is 218 cm³/mol. The van der Waals surface area contributed by atoms with Gasteiger partial charge in [0.2, 0.25) is 0 Å². The van der Waals surface area contributed by atoms with Crippen molar-refractivity contribution < 1.29 is 45.5 Å². The lowest BCUT2D eigenvalue weighted by atomic mass is 9.83. The van der Waals surface area contributed by atoms with E-state index in [0.717, 1.165) is 0 Å². The van der Waals surface area contributed by atoms with E-state index in [1.165, 1.54) is 0 Å². The molecule has 1 nitrogen and oxygen atoms in total.